The molecular weight excluding hydrogens is 322 g/mol. The van der Waals surface area contributed by atoms with Crippen molar-refractivity contribution in [3.05, 3.63) is 33.1 Å². The predicted octanol–water partition coefficient (Wildman–Crippen LogP) is 3.10. The van der Waals surface area contributed by atoms with E-state index < -0.39 is 5.92 Å². The van der Waals surface area contributed by atoms with Gasteiger partial charge < -0.3 is 4.74 Å². The molecule has 0 aliphatic heterocycles. The zero-order valence-electron chi connectivity index (χ0n) is 8.87. The Balaban J connectivity index is 2.34. The van der Waals surface area contributed by atoms with E-state index in [1.54, 1.807) is 6.07 Å². The lowest BCUT2D eigenvalue weighted by atomic mass is 9.94. The Kier molecular flexibility index (Phi) is 3.47. The third kappa shape index (κ3) is 2.36. The van der Waals surface area contributed by atoms with Crippen molar-refractivity contribution in [2.45, 2.75) is 18.8 Å². The Bertz CT molecular complexity index is 415. The first-order valence-corrected chi connectivity index (χ1v) is 6.24. The topological polar surface area (TPSA) is 26.3 Å². The van der Waals surface area contributed by atoms with E-state index in [0.29, 0.717) is 5.56 Å². The highest BCUT2D eigenvalue weighted by Gasteiger charge is 2.39. The molecule has 2 rings (SSSR count). The first kappa shape index (κ1) is 11.8. The van der Waals surface area contributed by atoms with Crippen molar-refractivity contribution in [1.29, 1.82) is 0 Å². The lowest BCUT2D eigenvalue weighted by Crippen LogP contribution is -2.17. The number of carbonyl (C=O) groups is 1. The number of hydrogen-bond donors (Lipinski definition) is 0. The van der Waals surface area contributed by atoms with Crippen LogP contribution in [0, 0.1) is 15.3 Å². The van der Waals surface area contributed by atoms with E-state index in [-0.39, 0.29) is 17.7 Å². The zero-order chi connectivity index (χ0) is 11.7. The van der Waals surface area contributed by atoms with Gasteiger partial charge in [0, 0.05) is 9.13 Å². The van der Waals surface area contributed by atoms with Crippen molar-refractivity contribution in [1.82, 2.24) is 0 Å². The minimum absolute atomic E-state index is 0.252. The smallest absolute Gasteiger partial charge is 0.313 e. The fourth-order valence-electron chi connectivity index (χ4n) is 1.88. The average Bonchev–Trinajstić information content (AvgIpc) is 3.05. The molecule has 1 aromatic rings. The number of halogens is 2. The maximum Gasteiger partial charge on any atom is 0.313 e. The summed E-state index contributed by atoms with van der Waals surface area (Å²) in [6.45, 7) is 0. The summed E-state index contributed by atoms with van der Waals surface area (Å²) in [6, 6.07) is 4.96. The van der Waals surface area contributed by atoms with Crippen LogP contribution in [0.25, 0.3) is 0 Å². The van der Waals surface area contributed by atoms with Crippen LogP contribution in [0.3, 0.4) is 0 Å². The molecule has 0 radical (unpaired) electrons. The minimum atomic E-state index is -0.429. The van der Waals surface area contributed by atoms with Crippen LogP contribution in [-0.2, 0) is 9.53 Å². The number of methoxy groups -OCH3 is 1. The molecule has 1 aliphatic carbocycles. The Morgan fingerprint density at radius 1 is 1.56 bits per heavy atom. The lowest BCUT2D eigenvalue weighted by molar-refractivity contribution is -0.143. The van der Waals surface area contributed by atoms with Crippen LogP contribution < -0.4 is 0 Å². The lowest BCUT2D eigenvalue weighted by Gasteiger charge is -2.15. The standard InChI is InChI=1S/C12H12FIO2/c1-16-12(15)11(7-2-3-7)9-5-4-8(14)6-10(9)13/h4-7,11H,2-3H2,1H3. The zero-order valence-corrected chi connectivity index (χ0v) is 11.0. The monoisotopic (exact) mass is 334 g/mol. The molecule has 16 heavy (non-hydrogen) atoms. The highest BCUT2D eigenvalue weighted by atomic mass is 127. The van der Waals surface area contributed by atoms with Gasteiger partial charge in [0.15, 0.2) is 0 Å². The number of ether oxygens (including phenoxy) is 1. The minimum Gasteiger partial charge on any atom is -0.469 e. The first-order chi connectivity index (χ1) is 7.63. The maximum absolute atomic E-state index is 13.8. The van der Waals surface area contributed by atoms with Crippen molar-refractivity contribution in [2.24, 2.45) is 5.92 Å². The summed E-state index contributed by atoms with van der Waals surface area (Å²) in [5.41, 5.74) is 0.467. The normalized spacial score (nSPS) is 16.9. The van der Waals surface area contributed by atoms with Gasteiger partial charge >= 0.3 is 5.97 Å². The van der Waals surface area contributed by atoms with Crippen LogP contribution >= 0.6 is 22.6 Å². The van der Waals surface area contributed by atoms with Crippen LogP contribution in [0.2, 0.25) is 0 Å². The molecule has 0 spiro atoms. The Morgan fingerprint density at radius 2 is 2.25 bits per heavy atom. The van der Waals surface area contributed by atoms with Gasteiger partial charge in [-0.25, -0.2) is 4.39 Å². The summed E-state index contributed by atoms with van der Waals surface area (Å²) < 4.78 is 19.4. The average molecular weight is 334 g/mol. The number of rotatable bonds is 3. The molecule has 1 unspecified atom stereocenters. The van der Waals surface area contributed by atoms with Crippen LogP contribution in [0.5, 0.6) is 0 Å². The SMILES string of the molecule is COC(=O)C(c1ccc(I)cc1F)C1CC1. The van der Waals surface area contributed by atoms with Gasteiger partial charge in [-0.3, -0.25) is 4.79 Å². The molecule has 0 heterocycles. The van der Waals surface area contributed by atoms with Gasteiger partial charge in [0.1, 0.15) is 5.82 Å². The van der Waals surface area contributed by atoms with E-state index in [1.165, 1.54) is 13.2 Å². The van der Waals surface area contributed by atoms with Crippen molar-refractivity contribution in [3.63, 3.8) is 0 Å². The van der Waals surface area contributed by atoms with Crippen LogP contribution in [0.1, 0.15) is 24.3 Å². The van der Waals surface area contributed by atoms with Gasteiger partial charge in [-0.2, -0.15) is 0 Å². The molecule has 1 saturated carbocycles. The number of esters is 1. The maximum atomic E-state index is 13.8. The van der Waals surface area contributed by atoms with E-state index in [9.17, 15) is 9.18 Å². The summed E-state index contributed by atoms with van der Waals surface area (Å²) in [5, 5.41) is 0. The molecule has 1 aromatic carbocycles. The van der Waals surface area contributed by atoms with Gasteiger partial charge in [0.2, 0.25) is 0 Å². The quantitative estimate of drug-likeness (QED) is 0.627. The highest BCUT2D eigenvalue weighted by Crippen LogP contribution is 2.44. The van der Waals surface area contributed by atoms with E-state index in [4.69, 9.17) is 4.74 Å². The second-order valence-electron chi connectivity index (χ2n) is 4.00. The molecule has 4 heteroatoms. The fourth-order valence-corrected chi connectivity index (χ4v) is 2.34. The van der Waals surface area contributed by atoms with Crippen molar-refractivity contribution in [3.8, 4) is 0 Å². The molecule has 0 saturated heterocycles. The number of carbonyl (C=O) groups excluding carboxylic acids is 1. The molecule has 2 nitrogen and oxygen atoms in total. The summed E-state index contributed by atoms with van der Waals surface area (Å²) in [4.78, 5) is 11.6. The third-order valence-corrected chi connectivity index (χ3v) is 3.52. The van der Waals surface area contributed by atoms with E-state index in [0.717, 1.165) is 16.4 Å². The second kappa shape index (κ2) is 4.69. The number of hydrogen-bond acceptors (Lipinski definition) is 2. The van der Waals surface area contributed by atoms with E-state index in [2.05, 4.69) is 0 Å². The summed E-state index contributed by atoms with van der Waals surface area (Å²) in [6.07, 6.45) is 1.95. The highest BCUT2D eigenvalue weighted by molar-refractivity contribution is 14.1. The Morgan fingerprint density at radius 3 is 2.75 bits per heavy atom. The number of benzene rings is 1. The third-order valence-electron chi connectivity index (χ3n) is 2.85. The van der Waals surface area contributed by atoms with Crippen LogP contribution in [-0.4, -0.2) is 13.1 Å². The van der Waals surface area contributed by atoms with Gasteiger partial charge in [-0.1, -0.05) is 6.07 Å². The van der Waals surface area contributed by atoms with Crippen molar-refractivity contribution < 1.29 is 13.9 Å². The van der Waals surface area contributed by atoms with Crippen LogP contribution in [0.15, 0.2) is 18.2 Å². The van der Waals surface area contributed by atoms with Crippen LogP contribution in [0.4, 0.5) is 4.39 Å². The molecule has 0 aromatic heterocycles. The molecule has 1 fully saturated rings. The summed E-state index contributed by atoms with van der Waals surface area (Å²) >= 11 is 2.05. The molecule has 1 atom stereocenters. The Hall–Kier alpha value is -0.650. The molecular formula is C12H12FIO2. The molecule has 0 N–H and O–H groups in total. The predicted molar refractivity (Wildman–Crippen MR) is 66.6 cm³/mol. The van der Waals surface area contributed by atoms with E-state index >= 15 is 0 Å². The first-order valence-electron chi connectivity index (χ1n) is 5.16. The van der Waals surface area contributed by atoms with Gasteiger partial charge in [-0.05, 0) is 53.5 Å². The molecule has 0 amide bonds. The van der Waals surface area contributed by atoms with Crippen molar-refractivity contribution in [2.75, 3.05) is 7.11 Å². The van der Waals surface area contributed by atoms with Gasteiger partial charge in [0.05, 0.1) is 13.0 Å². The van der Waals surface area contributed by atoms with E-state index in [1.807, 2.05) is 28.7 Å². The molecule has 1 aliphatic rings. The molecule has 0 bridgehead atoms. The largest absolute Gasteiger partial charge is 0.469 e. The Labute approximate surface area is 107 Å². The molecule has 86 valence electrons. The summed E-state index contributed by atoms with van der Waals surface area (Å²) in [7, 11) is 1.35. The fraction of sp³-hybridized carbons (Fsp3) is 0.417. The second-order valence-corrected chi connectivity index (χ2v) is 5.25. The summed E-state index contributed by atoms with van der Waals surface area (Å²) in [5.74, 6) is -0.819. The van der Waals surface area contributed by atoms with Gasteiger partial charge in [0.25, 0.3) is 0 Å². The van der Waals surface area contributed by atoms with Gasteiger partial charge in [-0.15, -0.1) is 0 Å². The van der Waals surface area contributed by atoms with Crippen molar-refractivity contribution >= 4 is 28.6 Å².